The van der Waals surface area contributed by atoms with Crippen molar-refractivity contribution >= 4 is 82.7 Å². The molecule has 1 aliphatic carbocycles. The Bertz CT molecular complexity index is 3240. The summed E-state index contributed by atoms with van der Waals surface area (Å²) in [6.07, 6.45) is 6.71. The number of nitrogens with zero attached hydrogens (tertiary/aromatic N) is 2. The molecule has 4 heteroatoms. The van der Waals surface area contributed by atoms with Gasteiger partial charge in [0, 0.05) is 60.3 Å². The Kier molecular flexibility index (Phi) is 5.58. The van der Waals surface area contributed by atoms with Crippen molar-refractivity contribution in [2.45, 2.75) is 12.8 Å². The Hall–Kier alpha value is -6.78. The van der Waals surface area contributed by atoms with Gasteiger partial charge >= 0.3 is 0 Å². The molecule has 0 N–H and O–H groups in total. The van der Waals surface area contributed by atoms with E-state index >= 15 is 0 Å². The van der Waals surface area contributed by atoms with Crippen LogP contribution in [0, 0.1) is 0 Å². The van der Waals surface area contributed by atoms with E-state index < -0.39 is 0 Å². The minimum Gasteiger partial charge on any atom is -0.452 e. The van der Waals surface area contributed by atoms with Gasteiger partial charge in [0.2, 0.25) is 0 Å². The maximum atomic E-state index is 6.59. The molecule has 1 aliphatic rings. The number of benzene rings is 7. The first-order valence-electron chi connectivity index (χ1n) is 18.0. The molecule has 12 rings (SSSR count). The molecule has 0 saturated carbocycles. The van der Waals surface area contributed by atoms with Crippen molar-refractivity contribution in [1.29, 1.82) is 0 Å². The monoisotopic (exact) mass is 666 g/mol. The molecule has 11 aromatic rings. The van der Waals surface area contributed by atoms with Crippen molar-refractivity contribution in [3.63, 3.8) is 0 Å². The van der Waals surface area contributed by atoms with Gasteiger partial charge in [-0.1, -0.05) is 78.9 Å². The number of hydrogen-bond acceptors (Lipinski definition) is 2. The standard InChI is InChI=1S/C48H30N2O2/c1-2-10-31(11-3-1)49-43-17-9-6-14-35(43)38-26-29(18-23-44(38)49)30-19-24-45-39(27-30)36-21-22-37-40-28-32(20-25-46(40)52-48(37)47(36)51-45)50-41-15-7-4-12-33(41)34-13-5-8-16-42(34)50/h1-8,10-16,18-28H,9,17H2. The lowest BCUT2D eigenvalue weighted by atomic mass is 9.98. The number of rotatable bonds is 3. The molecule has 0 saturated heterocycles. The largest absolute Gasteiger partial charge is 0.452 e. The Morgan fingerprint density at radius 3 is 1.75 bits per heavy atom. The average molecular weight is 667 g/mol. The van der Waals surface area contributed by atoms with E-state index in [9.17, 15) is 0 Å². The summed E-state index contributed by atoms with van der Waals surface area (Å²) >= 11 is 0. The Balaban J connectivity index is 1.00. The Labute approximate surface area is 298 Å². The summed E-state index contributed by atoms with van der Waals surface area (Å²) in [6.45, 7) is 0. The van der Waals surface area contributed by atoms with Gasteiger partial charge in [-0.2, -0.15) is 0 Å². The van der Waals surface area contributed by atoms with E-state index in [0.717, 1.165) is 62.4 Å². The highest BCUT2D eigenvalue weighted by atomic mass is 16.4. The van der Waals surface area contributed by atoms with Gasteiger partial charge in [0.05, 0.1) is 16.6 Å². The molecular weight excluding hydrogens is 637 g/mol. The highest BCUT2D eigenvalue weighted by molar-refractivity contribution is 6.19. The van der Waals surface area contributed by atoms with Crippen molar-refractivity contribution in [1.82, 2.24) is 9.13 Å². The second-order valence-electron chi connectivity index (χ2n) is 14.0. The van der Waals surface area contributed by atoms with Crippen LogP contribution in [0.2, 0.25) is 0 Å². The number of para-hydroxylation sites is 3. The number of furan rings is 2. The predicted octanol–water partition coefficient (Wildman–Crippen LogP) is 13.2. The molecule has 0 radical (unpaired) electrons. The van der Waals surface area contributed by atoms with E-state index in [1.165, 1.54) is 60.8 Å². The SMILES string of the molecule is C1=Cc2c(n(-c3ccccc3)c3ccc(-c4ccc5oc6c(ccc7c8cc(-n9c%10ccccc%10c%10ccccc%109)ccc8oc76)c5c4)cc23)CC1. The lowest BCUT2D eigenvalue weighted by Crippen LogP contribution is -2.02. The molecule has 7 aromatic carbocycles. The second kappa shape index (κ2) is 10.4. The molecular formula is C48H30N2O2. The predicted molar refractivity (Wildman–Crippen MR) is 215 cm³/mol. The molecule has 0 unspecified atom stereocenters. The van der Waals surface area contributed by atoms with Crippen LogP contribution < -0.4 is 0 Å². The minimum absolute atomic E-state index is 0.784. The first-order valence-corrected chi connectivity index (χ1v) is 18.0. The first kappa shape index (κ1) is 28.0. The minimum atomic E-state index is 0.784. The van der Waals surface area contributed by atoms with Crippen LogP contribution in [-0.2, 0) is 6.42 Å². The van der Waals surface area contributed by atoms with Gasteiger partial charge in [-0.25, -0.2) is 0 Å². The van der Waals surface area contributed by atoms with Crippen molar-refractivity contribution in [2.24, 2.45) is 0 Å². The van der Waals surface area contributed by atoms with Crippen molar-refractivity contribution in [3.8, 4) is 22.5 Å². The zero-order valence-corrected chi connectivity index (χ0v) is 28.1. The molecule has 0 bridgehead atoms. The van der Waals surface area contributed by atoms with Crippen molar-refractivity contribution < 1.29 is 8.83 Å². The van der Waals surface area contributed by atoms with Crippen LogP contribution in [0.3, 0.4) is 0 Å². The van der Waals surface area contributed by atoms with Gasteiger partial charge < -0.3 is 18.0 Å². The molecule has 244 valence electrons. The molecule has 4 aromatic heterocycles. The highest BCUT2D eigenvalue weighted by Crippen LogP contribution is 2.42. The molecule has 0 fully saturated rings. The third kappa shape index (κ3) is 3.81. The lowest BCUT2D eigenvalue weighted by molar-refractivity contribution is 0.633. The average Bonchev–Trinajstić information content (AvgIpc) is 3.95. The van der Waals surface area contributed by atoms with Crippen LogP contribution in [0.4, 0.5) is 0 Å². The third-order valence-corrected chi connectivity index (χ3v) is 11.2. The summed E-state index contributed by atoms with van der Waals surface area (Å²) in [5.41, 5.74) is 14.3. The van der Waals surface area contributed by atoms with Crippen LogP contribution in [0.15, 0.2) is 161 Å². The zero-order chi connectivity index (χ0) is 33.9. The maximum Gasteiger partial charge on any atom is 0.178 e. The van der Waals surface area contributed by atoms with Gasteiger partial charge in [-0.15, -0.1) is 0 Å². The molecule has 0 aliphatic heterocycles. The molecule has 4 heterocycles. The summed E-state index contributed by atoms with van der Waals surface area (Å²) in [5, 5.41) is 8.06. The molecule has 0 atom stereocenters. The van der Waals surface area contributed by atoms with Crippen LogP contribution >= 0.6 is 0 Å². The highest BCUT2D eigenvalue weighted by Gasteiger charge is 2.21. The lowest BCUT2D eigenvalue weighted by Gasteiger charge is -2.13. The van der Waals surface area contributed by atoms with Crippen LogP contribution in [0.5, 0.6) is 0 Å². The quantitative estimate of drug-likeness (QED) is 0.188. The van der Waals surface area contributed by atoms with Crippen molar-refractivity contribution in [2.75, 3.05) is 0 Å². The van der Waals surface area contributed by atoms with Gasteiger partial charge in [0.15, 0.2) is 11.2 Å². The maximum absolute atomic E-state index is 6.59. The Morgan fingerprint density at radius 2 is 1.02 bits per heavy atom. The summed E-state index contributed by atoms with van der Waals surface area (Å²) in [5.74, 6) is 0. The van der Waals surface area contributed by atoms with E-state index in [0.29, 0.717) is 0 Å². The van der Waals surface area contributed by atoms with E-state index in [1.54, 1.807) is 0 Å². The van der Waals surface area contributed by atoms with Gasteiger partial charge in [-0.3, -0.25) is 0 Å². The number of fused-ring (bicyclic) bond motifs is 13. The van der Waals surface area contributed by atoms with Crippen LogP contribution in [-0.4, -0.2) is 9.13 Å². The molecule has 0 spiro atoms. The zero-order valence-electron chi connectivity index (χ0n) is 28.1. The van der Waals surface area contributed by atoms with Gasteiger partial charge in [0.1, 0.15) is 11.2 Å². The molecule has 4 nitrogen and oxygen atoms in total. The molecule has 52 heavy (non-hydrogen) atoms. The van der Waals surface area contributed by atoms with Crippen LogP contribution in [0.1, 0.15) is 17.7 Å². The third-order valence-electron chi connectivity index (χ3n) is 11.2. The summed E-state index contributed by atoms with van der Waals surface area (Å²) in [7, 11) is 0. The fraction of sp³-hybridized carbons (Fsp3) is 0.0417. The topological polar surface area (TPSA) is 36.1 Å². The van der Waals surface area contributed by atoms with Crippen molar-refractivity contribution in [3.05, 3.63) is 163 Å². The fourth-order valence-corrected chi connectivity index (χ4v) is 8.85. The van der Waals surface area contributed by atoms with E-state index in [1.807, 2.05) is 0 Å². The normalized spacial score (nSPS) is 13.2. The molecule has 0 amide bonds. The number of allylic oxidation sites excluding steroid dienone is 1. The van der Waals surface area contributed by atoms with E-state index in [-0.39, 0.29) is 0 Å². The van der Waals surface area contributed by atoms with Gasteiger partial charge in [-0.05, 0) is 103 Å². The van der Waals surface area contributed by atoms with Gasteiger partial charge in [0.25, 0.3) is 0 Å². The number of aromatic nitrogens is 2. The van der Waals surface area contributed by atoms with E-state index in [2.05, 4.69) is 167 Å². The van der Waals surface area contributed by atoms with Crippen LogP contribution in [0.25, 0.3) is 105 Å². The first-order chi connectivity index (χ1) is 25.8. The number of hydrogen-bond donors (Lipinski definition) is 0. The second-order valence-corrected chi connectivity index (χ2v) is 14.0. The summed E-state index contributed by atoms with van der Waals surface area (Å²) in [4.78, 5) is 0. The Morgan fingerprint density at radius 1 is 0.423 bits per heavy atom. The summed E-state index contributed by atoms with van der Waals surface area (Å²) < 4.78 is 18.0. The fourth-order valence-electron chi connectivity index (χ4n) is 8.85. The van der Waals surface area contributed by atoms with E-state index in [4.69, 9.17) is 8.83 Å². The smallest absolute Gasteiger partial charge is 0.178 e. The summed E-state index contributed by atoms with van der Waals surface area (Å²) in [6, 6.07) is 52.3.